The van der Waals surface area contributed by atoms with Gasteiger partial charge in [0.15, 0.2) is 11.5 Å². The molecule has 1 spiro atoms. The lowest BCUT2D eigenvalue weighted by Gasteiger charge is -2.42. The lowest BCUT2D eigenvalue weighted by molar-refractivity contribution is -0.146. The van der Waals surface area contributed by atoms with Gasteiger partial charge in [0.25, 0.3) is 5.91 Å². The summed E-state index contributed by atoms with van der Waals surface area (Å²) in [5.41, 5.74) is 0.815. The maximum absolute atomic E-state index is 13.5. The number of hydrogen-bond acceptors (Lipinski definition) is 7. The highest BCUT2D eigenvalue weighted by molar-refractivity contribution is 6.08. The van der Waals surface area contributed by atoms with Crippen LogP contribution >= 0.6 is 0 Å². The molecule has 0 saturated carbocycles. The van der Waals surface area contributed by atoms with Crippen LogP contribution in [0.15, 0.2) is 48.5 Å². The maximum Gasteiger partial charge on any atom is 0.328 e. The highest BCUT2D eigenvalue weighted by Crippen LogP contribution is 2.38. The van der Waals surface area contributed by atoms with E-state index >= 15 is 0 Å². The number of rotatable bonds is 8. The van der Waals surface area contributed by atoms with Crippen molar-refractivity contribution >= 4 is 17.9 Å². The van der Waals surface area contributed by atoms with Gasteiger partial charge < -0.3 is 19.5 Å². The summed E-state index contributed by atoms with van der Waals surface area (Å²) in [7, 11) is 2.75. The SMILES string of the molecule is COC(=O)CN1C(=O)N(CCc2ccccc2)C2(CCN(Cc3cccc(OC)c3O)CC2)C1=O. The summed E-state index contributed by atoms with van der Waals surface area (Å²) in [6.45, 7) is 1.60. The van der Waals surface area contributed by atoms with Gasteiger partial charge in [-0.25, -0.2) is 4.79 Å². The Morgan fingerprint density at radius 2 is 1.74 bits per heavy atom. The monoisotopic (exact) mass is 481 g/mol. The Morgan fingerprint density at radius 3 is 2.40 bits per heavy atom. The molecule has 0 atom stereocenters. The van der Waals surface area contributed by atoms with Crippen molar-refractivity contribution in [3.8, 4) is 11.5 Å². The number of urea groups is 1. The van der Waals surface area contributed by atoms with Crippen molar-refractivity contribution in [2.24, 2.45) is 0 Å². The van der Waals surface area contributed by atoms with Crippen molar-refractivity contribution in [1.82, 2.24) is 14.7 Å². The number of para-hydroxylation sites is 1. The van der Waals surface area contributed by atoms with Gasteiger partial charge >= 0.3 is 12.0 Å². The number of imide groups is 1. The van der Waals surface area contributed by atoms with Crippen molar-refractivity contribution in [1.29, 1.82) is 0 Å². The van der Waals surface area contributed by atoms with E-state index < -0.39 is 17.5 Å². The van der Waals surface area contributed by atoms with E-state index in [0.29, 0.717) is 51.2 Å². The number of amides is 3. The first-order chi connectivity index (χ1) is 16.9. The van der Waals surface area contributed by atoms with Crippen LogP contribution in [0, 0.1) is 0 Å². The van der Waals surface area contributed by atoms with Crippen LogP contribution in [0.3, 0.4) is 0 Å². The number of benzene rings is 2. The van der Waals surface area contributed by atoms with Crippen LogP contribution in [0.4, 0.5) is 4.79 Å². The Labute approximate surface area is 204 Å². The van der Waals surface area contributed by atoms with Gasteiger partial charge in [0.1, 0.15) is 12.1 Å². The molecule has 0 bridgehead atoms. The van der Waals surface area contributed by atoms with Gasteiger partial charge in [-0.1, -0.05) is 42.5 Å². The van der Waals surface area contributed by atoms with Crippen LogP contribution < -0.4 is 4.74 Å². The Kier molecular flexibility index (Phi) is 7.25. The number of piperidine rings is 1. The summed E-state index contributed by atoms with van der Waals surface area (Å²) in [6, 6.07) is 14.7. The molecule has 2 fully saturated rings. The summed E-state index contributed by atoms with van der Waals surface area (Å²) in [5, 5.41) is 10.5. The molecule has 2 aliphatic heterocycles. The average molecular weight is 482 g/mol. The number of phenols is 1. The predicted molar refractivity (Wildman–Crippen MR) is 128 cm³/mol. The van der Waals surface area contributed by atoms with Crippen molar-refractivity contribution in [2.75, 3.05) is 40.4 Å². The molecule has 9 heteroatoms. The lowest BCUT2D eigenvalue weighted by Crippen LogP contribution is -2.56. The minimum Gasteiger partial charge on any atom is -0.504 e. The van der Waals surface area contributed by atoms with Gasteiger partial charge in [0.05, 0.1) is 14.2 Å². The number of ether oxygens (including phenoxy) is 2. The van der Waals surface area contributed by atoms with Gasteiger partial charge in [-0.15, -0.1) is 0 Å². The van der Waals surface area contributed by atoms with Crippen molar-refractivity contribution in [3.05, 3.63) is 59.7 Å². The van der Waals surface area contributed by atoms with Crippen LogP contribution in [0.5, 0.6) is 11.5 Å². The third-order valence-corrected chi connectivity index (χ3v) is 6.98. The number of methoxy groups -OCH3 is 2. The predicted octanol–water partition coefficient (Wildman–Crippen LogP) is 2.42. The number of nitrogens with zero attached hydrogens (tertiary/aromatic N) is 3. The molecule has 4 rings (SSSR count). The second kappa shape index (κ2) is 10.4. The number of carbonyl (C=O) groups excluding carboxylic acids is 3. The normalized spacial score (nSPS) is 17.8. The molecule has 0 aromatic heterocycles. The second-order valence-electron chi connectivity index (χ2n) is 8.91. The first-order valence-corrected chi connectivity index (χ1v) is 11.7. The van der Waals surface area contributed by atoms with E-state index in [-0.39, 0.29) is 18.2 Å². The largest absolute Gasteiger partial charge is 0.504 e. The number of carbonyl (C=O) groups is 3. The molecule has 2 aromatic carbocycles. The second-order valence-corrected chi connectivity index (χ2v) is 8.91. The molecule has 3 amide bonds. The van der Waals surface area contributed by atoms with Crippen LogP contribution in [0.1, 0.15) is 24.0 Å². The van der Waals surface area contributed by atoms with E-state index in [4.69, 9.17) is 9.47 Å². The third-order valence-electron chi connectivity index (χ3n) is 6.98. The van der Waals surface area contributed by atoms with E-state index in [1.54, 1.807) is 11.0 Å². The van der Waals surface area contributed by atoms with Crippen molar-refractivity contribution < 1.29 is 29.0 Å². The number of aromatic hydroxyl groups is 1. The average Bonchev–Trinajstić information content (AvgIpc) is 3.06. The summed E-state index contributed by atoms with van der Waals surface area (Å²) >= 11 is 0. The fraction of sp³-hybridized carbons (Fsp3) is 0.423. The molecule has 0 radical (unpaired) electrons. The van der Waals surface area contributed by atoms with E-state index in [0.717, 1.165) is 16.0 Å². The Hall–Kier alpha value is -3.59. The molecular weight excluding hydrogens is 450 g/mol. The molecular formula is C26H31N3O6. The zero-order valence-corrected chi connectivity index (χ0v) is 20.1. The Bertz CT molecular complexity index is 1080. The molecule has 0 aliphatic carbocycles. The van der Waals surface area contributed by atoms with E-state index in [1.807, 2.05) is 42.5 Å². The first kappa shape index (κ1) is 24.5. The number of hydrogen-bond donors (Lipinski definition) is 1. The number of likely N-dealkylation sites (tertiary alicyclic amines) is 1. The summed E-state index contributed by atoms with van der Waals surface area (Å²) in [5.74, 6) is -0.447. The Balaban J connectivity index is 1.52. The van der Waals surface area contributed by atoms with E-state index in [2.05, 4.69) is 4.90 Å². The van der Waals surface area contributed by atoms with Crippen molar-refractivity contribution in [2.45, 2.75) is 31.3 Å². The molecule has 9 nitrogen and oxygen atoms in total. The standard InChI is InChI=1S/C26H31N3O6/c1-34-21-10-6-9-20(23(21)31)17-27-15-12-26(13-16-27)24(32)28(18-22(30)35-2)25(33)29(26)14-11-19-7-4-3-5-8-19/h3-10,31H,11-18H2,1-2H3. The van der Waals surface area contributed by atoms with E-state index in [1.165, 1.54) is 14.2 Å². The van der Waals surface area contributed by atoms with Gasteiger partial charge in [-0.2, -0.15) is 0 Å². The van der Waals surface area contributed by atoms with Crippen LogP contribution in [-0.2, 0) is 27.3 Å². The summed E-state index contributed by atoms with van der Waals surface area (Å²) in [6.07, 6.45) is 1.48. The molecule has 1 N–H and O–H groups in total. The zero-order chi connectivity index (χ0) is 25.0. The minimum atomic E-state index is -0.993. The van der Waals surface area contributed by atoms with Gasteiger partial charge in [-0.05, 0) is 30.9 Å². The highest BCUT2D eigenvalue weighted by atomic mass is 16.5. The molecule has 2 aromatic rings. The zero-order valence-electron chi connectivity index (χ0n) is 20.1. The third kappa shape index (κ3) is 4.81. The van der Waals surface area contributed by atoms with Gasteiger partial charge in [-0.3, -0.25) is 19.4 Å². The molecule has 2 saturated heterocycles. The molecule has 35 heavy (non-hydrogen) atoms. The molecule has 2 heterocycles. The number of phenolic OH excluding ortho intramolecular Hbond substituents is 1. The smallest absolute Gasteiger partial charge is 0.328 e. The highest BCUT2D eigenvalue weighted by Gasteiger charge is 2.58. The van der Waals surface area contributed by atoms with Crippen LogP contribution in [0.2, 0.25) is 0 Å². The van der Waals surface area contributed by atoms with Crippen LogP contribution in [0.25, 0.3) is 0 Å². The lowest BCUT2D eigenvalue weighted by atomic mass is 9.85. The molecule has 186 valence electrons. The van der Waals surface area contributed by atoms with Crippen LogP contribution in [-0.4, -0.2) is 83.7 Å². The molecule has 2 aliphatic rings. The quantitative estimate of drug-likeness (QED) is 0.457. The first-order valence-electron chi connectivity index (χ1n) is 11.7. The van der Waals surface area contributed by atoms with Crippen molar-refractivity contribution in [3.63, 3.8) is 0 Å². The Morgan fingerprint density at radius 1 is 1.03 bits per heavy atom. The fourth-order valence-corrected chi connectivity index (χ4v) is 4.98. The number of esters is 1. The topological polar surface area (TPSA) is 99.6 Å². The summed E-state index contributed by atoms with van der Waals surface area (Å²) in [4.78, 5) is 43.6. The van der Waals surface area contributed by atoms with Gasteiger partial charge in [0, 0.05) is 31.7 Å². The minimum absolute atomic E-state index is 0.108. The van der Waals surface area contributed by atoms with E-state index in [9.17, 15) is 19.5 Å². The van der Waals surface area contributed by atoms with Gasteiger partial charge in [0.2, 0.25) is 0 Å². The maximum atomic E-state index is 13.5. The fourth-order valence-electron chi connectivity index (χ4n) is 4.98. The molecule has 0 unspecified atom stereocenters. The summed E-state index contributed by atoms with van der Waals surface area (Å²) < 4.78 is 9.92.